The highest BCUT2D eigenvalue weighted by molar-refractivity contribution is 6.39. The van der Waals surface area contributed by atoms with Crippen molar-refractivity contribution in [2.45, 2.75) is 27.7 Å². The van der Waals surface area contributed by atoms with E-state index in [0.717, 1.165) is 0 Å². The fourth-order valence-corrected chi connectivity index (χ4v) is 3.85. The Kier molecular flexibility index (Phi) is 7.40. The lowest BCUT2D eigenvalue weighted by Crippen LogP contribution is -2.08. The molecule has 0 saturated carbocycles. The van der Waals surface area contributed by atoms with E-state index in [1.54, 1.807) is 26.8 Å². The normalized spacial score (nSPS) is 11.4. The number of esters is 1. The van der Waals surface area contributed by atoms with Gasteiger partial charge in [-0.25, -0.2) is 4.79 Å². The van der Waals surface area contributed by atoms with E-state index in [0.29, 0.717) is 16.7 Å². The van der Waals surface area contributed by atoms with E-state index in [4.69, 9.17) is 49.0 Å². The molecule has 30 heavy (non-hydrogen) atoms. The highest BCUT2D eigenvalue weighted by Crippen LogP contribution is 2.53. The third-order valence-electron chi connectivity index (χ3n) is 4.73. The van der Waals surface area contributed by atoms with Gasteiger partial charge in [-0.1, -0.05) is 40.9 Å². The third kappa shape index (κ3) is 3.87. The van der Waals surface area contributed by atoms with Gasteiger partial charge in [0.15, 0.2) is 23.0 Å². The second-order valence-corrected chi connectivity index (χ2v) is 7.53. The van der Waals surface area contributed by atoms with Crippen LogP contribution in [-0.4, -0.2) is 30.4 Å². The molecule has 2 rings (SSSR count). The van der Waals surface area contributed by atoms with Crippen molar-refractivity contribution in [3.63, 3.8) is 0 Å². The summed E-state index contributed by atoms with van der Waals surface area (Å²) in [5.74, 6) is -1.56. The van der Waals surface area contributed by atoms with Crippen molar-refractivity contribution in [3.05, 3.63) is 43.4 Å². The molecular weight excluding hydrogens is 455 g/mol. The van der Waals surface area contributed by atoms with Crippen LogP contribution >= 0.6 is 34.8 Å². The molecule has 0 fully saturated rings. The number of halogens is 3. The Hall–Kier alpha value is -2.28. The maximum atomic E-state index is 12.4. The average Bonchev–Trinajstić information content (AvgIpc) is 2.73. The Labute approximate surface area is 189 Å². The number of methoxy groups -OCH3 is 2. The summed E-state index contributed by atoms with van der Waals surface area (Å²) in [5, 5.41) is 20.9. The summed E-state index contributed by atoms with van der Waals surface area (Å²) in [4.78, 5) is 12.4. The lowest BCUT2D eigenvalue weighted by molar-refractivity contribution is 0.0597. The van der Waals surface area contributed by atoms with Crippen LogP contribution in [0.25, 0.3) is 5.57 Å². The van der Waals surface area contributed by atoms with Gasteiger partial charge in [-0.2, -0.15) is 0 Å². The number of phenols is 2. The summed E-state index contributed by atoms with van der Waals surface area (Å²) in [7, 11) is 2.61. The molecule has 162 valence electrons. The maximum absolute atomic E-state index is 12.4. The number of carbonyl (C=O) groups excluding carboxylic acids is 1. The van der Waals surface area contributed by atoms with Gasteiger partial charge in [-0.05, 0) is 38.8 Å². The quantitative estimate of drug-likeness (QED) is 0.469. The summed E-state index contributed by atoms with van der Waals surface area (Å²) < 4.78 is 16.1. The van der Waals surface area contributed by atoms with Crippen molar-refractivity contribution in [2.24, 2.45) is 0 Å². The van der Waals surface area contributed by atoms with Gasteiger partial charge < -0.3 is 24.4 Å². The first-order valence-corrected chi connectivity index (χ1v) is 9.85. The van der Waals surface area contributed by atoms with Crippen LogP contribution in [-0.2, 0) is 4.74 Å². The number of ether oxygens (including phenoxy) is 3. The molecule has 0 aromatic heterocycles. The molecule has 0 spiro atoms. The Morgan fingerprint density at radius 2 is 1.47 bits per heavy atom. The van der Waals surface area contributed by atoms with E-state index in [1.165, 1.54) is 21.1 Å². The predicted octanol–water partition coefficient (Wildman–Crippen LogP) is 6.69. The summed E-state index contributed by atoms with van der Waals surface area (Å²) in [6.45, 7) is 6.64. The second kappa shape index (κ2) is 9.25. The van der Waals surface area contributed by atoms with Gasteiger partial charge in [0.25, 0.3) is 0 Å². The van der Waals surface area contributed by atoms with E-state index >= 15 is 0 Å². The van der Waals surface area contributed by atoms with Crippen LogP contribution in [0.1, 0.15) is 40.9 Å². The standard InChI is InChI=1S/C21H21Cl3O6/c1-7-8(2)11-14(23)18(28-5)10(4)16(25)20(11)30-19-12(21(27)29-6)9(3)13(22)17(26)15(19)24/h7,25-26H,1-6H3. The first kappa shape index (κ1) is 24.0. The van der Waals surface area contributed by atoms with Crippen molar-refractivity contribution < 1.29 is 29.2 Å². The minimum absolute atomic E-state index is 0.0675. The van der Waals surface area contributed by atoms with Crippen molar-refractivity contribution in [1.29, 1.82) is 0 Å². The van der Waals surface area contributed by atoms with Crippen LogP contribution in [0.15, 0.2) is 6.08 Å². The smallest absolute Gasteiger partial charge is 0.342 e. The first-order chi connectivity index (χ1) is 14.0. The van der Waals surface area contributed by atoms with E-state index in [-0.39, 0.29) is 49.2 Å². The van der Waals surface area contributed by atoms with Crippen LogP contribution in [0.2, 0.25) is 15.1 Å². The van der Waals surface area contributed by atoms with E-state index in [2.05, 4.69) is 0 Å². The lowest BCUT2D eigenvalue weighted by Gasteiger charge is -2.22. The molecule has 9 heteroatoms. The Morgan fingerprint density at radius 1 is 0.867 bits per heavy atom. The molecule has 0 unspecified atom stereocenters. The maximum Gasteiger partial charge on any atom is 0.342 e. The summed E-state index contributed by atoms with van der Waals surface area (Å²) in [5.41, 5.74) is 1.40. The van der Waals surface area contributed by atoms with Gasteiger partial charge in [0.2, 0.25) is 0 Å². The van der Waals surface area contributed by atoms with Crippen molar-refractivity contribution >= 4 is 46.3 Å². The van der Waals surface area contributed by atoms with Gasteiger partial charge in [0, 0.05) is 11.1 Å². The van der Waals surface area contributed by atoms with Crippen molar-refractivity contribution in [1.82, 2.24) is 0 Å². The lowest BCUT2D eigenvalue weighted by atomic mass is 10.0. The highest BCUT2D eigenvalue weighted by Gasteiger charge is 2.30. The number of hydrogen-bond acceptors (Lipinski definition) is 6. The van der Waals surface area contributed by atoms with Gasteiger partial charge in [0.05, 0.1) is 24.3 Å². The number of hydrogen-bond donors (Lipinski definition) is 2. The Bertz CT molecular complexity index is 1060. The molecule has 0 atom stereocenters. The number of allylic oxidation sites excluding steroid dienone is 2. The molecule has 2 N–H and O–H groups in total. The number of rotatable bonds is 5. The number of phenolic OH excluding ortho intramolecular Hbond substituents is 2. The number of benzene rings is 2. The molecule has 0 amide bonds. The van der Waals surface area contributed by atoms with Crippen LogP contribution in [0.5, 0.6) is 28.7 Å². The zero-order valence-corrected chi connectivity index (χ0v) is 19.5. The Morgan fingerprint density at radius 3 is 1.97 bits per heavy atom. The average molecular weight is 476 g/mol. The molecule has 6 nitrogen and oxygen atoms in total. The SMILES string of the molecule is CC=C(C)c1c(Cl)c(OC)c(C)c(O)c1Oc1c(Cl)c(O)c(Cl)c(C)c1C(=O)OC. The van der Waals surface area contributed by atoms with Crippen LogP contribution < -0.4 is 9.47 Å². The topological polar surface area (TPSA) is 85.2 Å². The van der Waals surface area contributed by atoms with Crippen molar-refractivity contribution in [3.8, 4) is 28.7 Å². The molecule has 0 heterocycles. The first-order valence-electron chi connectivity index (χ1n) is 8.72. The molecule has 0 aliphatic carbocycles. The largest absolute Gasteiger partial charge is 0.505 e. The van der Waals surface area contributed by atoms with E-state index in [1.807, 2.05) is 0 Å². The Balaban J connectivity index is 2.95. The summed E-state index contributed by atoms with van der Waals surface area (Å²) in [6.07, 6.45) is 1.76. The minimum atomic E-state index is -0.786. The van der Waals surface area contributed by atoms with Gasteiger partial charge in [-0.15, -0.1) is 0 Å². The van der Waals surface area contributed by atoms with E-state index < -0.39 is 11.7 Å². The monoisotopic (exact) mass is 474 g/mol. The molecular formula is C21H21Cl3O6. The zero-order valence-electron chi connectivity index (χ0n) is 17.2. The molecule has 0 bridgehead atoms. The van der Waals surface area contributed by atoms with Crippen LogP contribution in [0, 0.1) is 13.8 Å². The fraction of sp³-hybridized carbons (Fsp3) is 0.286. The number of carbonyl (C=O) groups is 1. The van der Waals surface area contributed by atoms with Crippen LogP contribution in [0.3, 0.4) is 0 Å². The molecule has 2 aromatic rings. The molecule has 0 saturated heterocycles. The van der Waals surface area contributed by atoms with Crippen LogP contribution in [0.4, 0.5) is 0 Å². The number of aromatic hydroxyl groups is 2. The van der Waals surface area contributed by atoms with E-state index in [9.17, 15) is 15.0 Å². The fourth-order valence-electron chi connectivity index (χ4n) is 2.93. The van der Waals surface area contributed by atoms with Gasteiger partial charge >= 0.3 is 5.97 Å². The highest BCUT2D eigenvalue weighted by atomic mass is 35.5. The zero-order chi connectivity index (χ0) is 22.9. The van der Waals surface area contributed by atoms with Gasteiger partial charge in [-0.3, -0.25) is 0 Å². The molecule has 0 aliphatic heterocycles. The molecule has 0 aliphatic rings. The summed E-state index contributed by atoms with van der Waals surface area (Å²) >= 11 is 18.9. The third-order valence-corrected chi connectivity index (χ3v) is 5.90. The summed E-state index contributed by atoms with van der Waals surface area (Å²) in [6, 6.07) is 0. The van der Waals surface area contributed by atoms with Crippen molar-refractivity contribution in [2.75, 3.05) is 14.2 Å². The minimum Gasteiger partial charge on any atom is -0.505 e. The molecule has 0 radical (unpaired) electrons. The van der Waals surface area contributed by atoms with Gasteiger partial charge in [0.1, 0.15) is 16.3 Å². The second-order valence-electron chi connectivity index (χ2n) is 6.40. The predicted molar refractivity (Wildman–Crippen MR) is 118 cm³/mol. The molecule has 2 aromatic carbocycles.